The van der Waals surface area contributed by atoms with E-state index in [0.29, 0.717) is 17.4 Å². The van der Waals surface area contributed by atoms with Crippen molar-refractivity contribution in [2.24, 2.45) is 0 Å². The monoisotopic (exact) mass is 274 g/mol. The van der Waals surface area contributed by atoms with Crippen LogP contribution in [-0.2, 0) is 4.74 Å². The van der Waals surface area contributed by atoms with Crippen molar-refractivity contribution in [3.63, 3.8) is 0 Å². The molecule has 0 saturated carbocycles. The van der Waals surface area contributed by atoms with Gasteiger partial charge in [0.2, 0.25) is 9.97 Å². The van der Waals surface area contributed by atoms with E-state index in [9.17, 15) is 4.79 Å². The first kappa shape index (κ1) is 11.8. The van der Waals surface area contributed by atoms with Crippen molar-refractivity contribution in [2.45, 2.75) is 6.92 Å². The van der Waals surface area contributed by atoms with E-state index in [-0.39, 0.29) is 5.01 Å². The summed E-state index contributed by atoms with van der Waals surface area (Å²) < 4.78 is 6.48. The van der Waals surface area contributed by atoms with Crippen molar-refractivity contribution in [1.29, 1.82) is 0 Å². The molecule has 0 atom stereocenters. The maximum absolute atomic E-state index is 11.6. The van der Waals surface area contributed by atoms with Crippen LogP contribution in [0.3, 0.4) is 0 Å². The lowest BCUT2D eigenvalue weighted by Crippen LogP contribution is -2.05. The number of rotatable bonds is 3. The minimum atomic E-state index is -0.433. The van der Waals surface area contributed by atoms with Crippen molar-refractivity contribution in [2.75, 3.05) is 6.61 Å². The Kier molecular flexibility index (Phi) is 2.96. The first-order chi connectivity index (χ1) is 9.29. The average molecular weight is 274 g/mol. The fraction of sp³-hybridized carbons (Fsp3) is 0.167. The predicted octanol–water partition coefficient (Wildman–Crippen LogP) is 2.03. The molecule has 2 aromatic heterocycles. The molecule has 1 aromatic carbocycles. The maximum atomic E-state index is 11.6. The van der Waals surface area contributed by atoms with Gasteiger partial charge >= 0.3 is 5.97 Å². The van der Waals surface area contributed by atoms with Gasteiger partial charge in [0.25, 0.3) is 0 Å². The minimum Gasteiger partial charge on any atom is -0.461 e. The number of carbonyl (C=O) groups is 1. The molecule has 7 heteroatoms. The number of hydrogen-bond donors (Lipinski definition) is 0. The van der Waals surface area contributed by atoms with Gasteiger partial charge in [0.1, 0.15) is 0 Å². The van der Waals surface area contributed by atoms with Gasteiger partial charge in [-0.2, -0.15) is 4.52 Å². The zero-order chi connectivity index (χ0) is 13.2. The molecule has 0 radical (unpaired) electrons. The van der Waals surface area contributed by atoms with E-state index in [2.05, 4.69) is 15.3 Å². The smallest absolute Gasteiger partial charge is 0.369 e. The molecule has 0 spiro atoms. The average Bonchev–Trinajstić information content (AvgIpc) is 2.99. The molecule has 19 heavy (non-hydrogen) atoms. The fourth-order valence-corrected chi connectivity index (χ4v) is 2.39. The van der Waals surface area contributed by atoms with Crippen LogP contribution in [-0.4, -0.2) is 32.4 Å². The summed E-state index contributed by atoms with van der Waals surface area (Å²) in [7, 11) is 0. The Balaban J connectivity index is 2.06. The summed E-state index contributed by atoms with van der Waals surface area (Å²) >= 11 is 1.16. The van der Waals surface area contributed by atoms with Gasteiger partial charge in [-0.15, -0.1) is 15.3 Å². The quantitative estimate of drug-likeness (QED) is 0.683. The molecule has 0 amide bonds. The van der Waals surface area contributed by atoms with E-state index in [0.717, 1.165) is 16.9 Å². The Morgan fingerprint density at radius 1 is 1.32 bits per heavy atom. The van der Waals surface area contributed by atoms with Gasteiger partial charge in [0.05, 0.1) is 6.61 Å². The Morgan fingerprint density at radius 3 is 2.84 bits per heavy atom. The molecule has 3 aromatic rings. The topological polar surface area (TPSA) is 69.4 Å². The highest BCUT2D eigenvalue weighted by atomic mass is 32.1. The molecule has 0 N–H and O–H groups in total. The molecule has 0 saturated heterocycles. The second-order valence-electron chi connectivity index (χ2n) is 3.71. The second-order valence-corrected chi connectivity index (χ2v) is 4.67. The summed E-state index contributed by atoms with van der Waals surface area (Å²) in [6, 6.07) is 9.58. The first-order valence-electron chi connectivity index (χ1n) is 5.74. The SMILES string of the molecule is CCOC(=O)c1nn2c(-c3ccccc3)nnc2s1. The molecule has 0 unspecified atom stereocenters. The van der Waals surface area contributed by atoms with Crippen LogP contribution in [0, 0.1) is 0 Å². The first-order valence-corrected chi connectivity index (χ1v) is 6.56. The van der Waals surface area contributed by atoms with Crippen LogP contribution >= 0.6 is 11.3 Å². The van der Waals surface area contributed by atoms with Crippen LogP contribution in [0.2, 0.25) is 0 Å². The minimum absolute atomic E-state index is 0.281. The Labute approximate surface area is 112 Å². The molecular weight excluding hydrogens is 264 g/mol. The highest BCUT2D eigenvalue weighted by Gasteiger charge is 2.18. The Hall–Kier alpha value is -2.28. The second kappa shape index (κ2) is 4.77. The van der Waals surface area contributed by atoms with Crippen LogP contribution in [0.15, 0.2) is 30.3 Å². The number of fused-ring (bicyclic) bond motifs is 1. The summed E-state index contributed by atoms with van der Waals surface area (Å²) in [4.78, 5) is 12.2. The van der Waals surface area contributed by atoms with Crippen LogP contribution in [0.25, 0.3) is 16.3 Å². The van der Waals surface area contributed by atoms with E-state index in [1.807, 2.05) is 30.3 Å². The zero-order valence-corrected chi connectivity index (χ0v) is 10.9. The number of ether oxygens (including phenoxy) is 1. The van der Waals surface area contributed by atoms with E-state index in [1.54, 1.807) is 11.4 Å². The highest BCUT2D eigenvalue weighted by Crippen LogP contribution is 2.21. The van der Waals surface area contributed by atoms with Crippen LogP contribution in [0.1, 0.15) is 16.7 Å². The van der Waals surface area contributed by atoms with Gasteiger partial charge < -0.3 is 4.74 Å². The van der Waals surface area contributed by atoms with E-state index < -0.39 is 5.97 Å². The maximum Gasteiger partial charge on any atom is 0.369 e. The van der Waals surface area contributed by atoms with Gasteiger partial charge in [0.15, 0.2) is 5.82 Å². The normalized spacial score (nSPS) is 10.8. The number of nitrogens with zero attached hydrogens (tertiary/aromatic N) is 4. The molecule has 0 aliphatic rings. The van der Waals surface area contributed by atoms with E-state index in [4.69, 9.17) is 4.74 Å². The third kappa shape index (κ3) is 2.08. The molecule has 0 bridgehead atoms. The molecule has 96 valence electrons. The van der Waals surface area contributed by atoms with Gasteiger partial charge in [-0.05, 0) is 6.92 Å². The molecule has 0 aliphatic heterocycles. The number of carbonyl (C=O) groups excluding carboxylic acids is 1. The van der Waals surface area contributed by atoms with Gasteiger partial charge in [0, 0.05) is 5.56 Å². The lowest BCUT2D eigenvalue weighted by molar-refractivity contribution is 0.0524. The van der Waals surface area contributed by atoms with Crippen molar-refractivity contribution in [3.8, 4) is 11.4 Å². The molecule has 6 nitrogen and oxygen atoms in total. The van der Waals surface area contributed by atoms with Gasteiger partial charge in [-0.1, -0.05) is 41.7 Å². The lowest BCUT2D eigenvalue weighted by Gasteiger charge is -1.96. The summed E-state index contributed by atoms with van der Waals surface area (Å²) in [5.74, 6) is 0.180. The zero-order valence-electron chi connectivity index (χ0n) is 10.1. The molecular formula is C12H10N4O2S. The molecule has 0 fully saturated rings. The van der Waals surface area contributed by atoms with E-state index >= 15 is 0 Å². The summed E-state index contributed by atoms with van der Waals surface area (Å²) in [5, 5.41) is 12.6. The number of esters is 1. The molecule has 3 rings (SSSR count). The summed E-state index contributed by atoms with van der Waals surface area (Å²) in [6.45, 7) is 2.08. The van der Waals surface area contributed by atoms with E-state index in [1.165, 1.54) is 0 Å². The summed E-state index contributed by atoms with van der Waals surface area (Å²) in [6.07, 6.45) is 0. The highest BCUT2D eigenvalue weighted by molar-refractivity contribution is 7.18. The Bertz CT molecular complexity index is 720. The van der Waals surface area contributed by atoms with Crippen LogP contribution in [0.4, 0.5) is 0 Å². The standard InChI is InChI=1S/C12H10N4O2S/c1-2-18-11(17)10-15-16-9(13-14-12(16)19-10)8-6-4-3-5-7-8/h3-7H,2H2,1H3. The third-order valence-electron chi connectivity index (χ3n) is 2.47. The van der Waals surface area contributed by atoms with Crippen molar-refractivity contribution >= 4 is 22.3 Å². The van der Waals surface area contributed by atoms with Gasteiger partial charge in [-0.3, -0.25) is 0 Å². The van der Waals surface area contributed by atoms with Crippen molar-refractivity contribution in [1.82, 2.24) is 19.8 Å². The molecule has 0 aliphatic carbocycles. The largest absolute Gasteiger partial charge is 0.461 e. The third-order valence-corrected chi connectivity index (χ3v) is 3.35. The number of hydrogen-bond acceptors (Lipinski definition) is 6. The summed E-state index contributed by atoms with van der Waals surface area (Å²) in [5.41, 5.74) is 0.899. The van der Waals surface area contributed by atoms with Crippen molar-refractivity contribution < 1.29 is 9.53 Å². The van der Waals surface area contributed by atoms with Crippen LogP contribution in [0.5, 0.6) is 0 Å². The number of aromatic nitrogens is 4. The lowest BCUT2D eigenvalue weighted by atomic mass is 10.2. The fourth-order valence-electron chi connectivity index (χ4n) is 1.66. The van der Waals surface area contributed by atoms with Gasteiger partial charge in [-0.25, -0.2) is 4.79 Å². The molecule has 2 heterocycles. The van der Waals surface area contributed by atoms with Crippen LogP contribution < -0.4 is 0 Å². The number of benzene rings is 1. The predicted molar refractivity (Wildman–Crippen MR) is 70.1 cm³/mol. The van der Waals surface area contributed by atoms with Crippen molar-refractivity contribution in [3.05, 3.63) is 35.3 Å². The Morgan fingerprint density at radius 2 is 2.11 bits per heavy atom.